The molecule has 0 unspecified atom stereocenters. The van der Waals surface area contributed by atoms with E-state index in [2.05, 4.69) is 0 Å². The lowest BCUT2D eigenvalue weighted by atomic mass is 9.39. The van der Waals surface area contributed by atoms with Gasteiger partial charge in [-0.1, -0.05) is 74.4 Å². The number of hydrogen-bond donors (Lipinski definition) is 2. The molecule has 5 rings (SSSR count). The minimum Gasteiger partial charge on any atom is -0.511 e. The van der Waals surface area contributed by atoms with Gasteiger partial charge >= 0.3 is 0 Å². The van der Waals surface area contributed by atoms with Gasteiger partial charge in [-0.25, -0.2) is 0 Å². The zero-order chi connectivity index (χ0) is 27.9. The number of ketones is 3. The first-order valence-corrected chi connectivity index (χ1v) is 13.1. The second kappa shape index (κ2) is 8.13. The number of carbonyl (C=O) groups excluding carboxylic acids is 3. The summed E-state index contributed by atoms with van der Waals surface area (Å²) in [6.07, 6.45) is 2.45. The van der Waals surface area contributed by atoms with E-state index in [0.717, 1.165) is 16.7 Å². The minimum atomic E-state index is -1.48. The first-order valence-electron chi connectivity index (χ1n) is 13.1. The summed E-state index contributed by atoms with van der Waals surface area (Å²) in [7, 11) is 0. The third-order valence-electron chi connectivity index (χ3n) is 10.0. The van der Waals surface area contributed by atoms with Crippen LogP contribution in [0.25, 0.3) is 11.6 Å². The van der Waals surface area contributed by atoms with E-state index in [0.29, 0.717) is 17.6 Å². The Balaban J connectivity index is 1.91. The Morgan fingerprint density at radius 3 is 2.24 bits per heavy atom. The molecule has 0 spiro atoms. The molecule has 38 heavy (non-hydrogen) atoms. The molecule has 0 saturated heterocycles. The highest BCUT2D eigenvalue weighted by molar-refractivity contribution is 6.25. The Hall–Kier alpha value is -3.73. The van der Waals surface area contributed by atoms with Crippen LogP contribution in [0.2, 0.25) is 0 Å². The van der Waals surface area contributed by atoms with Crippen molar-refractivity contribution in [2.45, 2.75) is 54.9 Å². The highest BCUT2D eigenvalue weighted by Crippen LogP contribution is 2.70. The van der Waals surface area contributed by atoms with Crippen LogP contribution in [0, 0.1) is 29.1 Å². The highest BCUT2D eigenvalue weighted by atomic mass is 16.3. The molecule has 196 valence electrons. The molecule has 0 aliphatic heterocycles. The van der Waals surface area contributed by atoms with Crippen molar-refractivity contribution >= 4 is 29.0 Å². The molecule has 0 bridgehead atoms. The summed E-state index contributed by atoms with van der Waals surface area (Å²) in [5.74, 6) is -2.05. The normalized spacial score (nSPS) is 31.8. The molecule has 0 saturated carbocycles. The molecule has 5 nitrogen and oxygen atoms in total. The Morgan fingerprint density at radius 2 is 1.63 bits per heavy atom. The van der Waals surface area contributed by atoms with Gasteiger partial charge in [0.1, 0.15) is 11.5 Å². The number of aliphatic hydroxyl groups excluding tert-OH is 1. The molecule has 2 N–H and O–H groups in total. The van der Waals surface area contributed by atoms with Crippen molar-refractivity contribution in [3.63, 3.8) is 0 Å². The van der Waals surface area contributed by atoms with Gasteiger partial charge in [0.2, 0.25) is 0 Å². The Bertz CT molecular complexity index is 1540. The van der Waals surface area contributed by atoms with E-state index in [1.165, 1.54) is 13.0 Å². The van der Waals surface area contributed by atoms with E-state index >= 15 is 0 Å². The average Bonchev–Trinajstić information content (AvgIpc) is 2.84. The van der Waals surface area contributed by atoms with Crippen LogP contribution in [0.4, 0.5) is 0 Å². The molecule has 3 aliphatic rings. The number of aryl methyl sites for hydroxylation is 1. The van der Waals surface area contributed by atoms with E-state index in [1.807, 2.05) is 71.0 Å². The maximum absolute atomic E-state index is 14.2. The molecule has 0 amide bonds. The number of carbonyl (C=O) groups is 3. The first-order chi connectivity index (χ1) is 17.7. The van der Waals surface area contributed by atoms with Crippen LogP contribution in [-0.4, -0.2) is 27.6 Å². The molecule has 2 aromatic rings. The molecule has 0 aromatic heterocycles. The second-order valence-corrected chi connectivity index (χ2v) is 11.9. The number of aliphatic hydroxyl groups is 1. The predicted octanol–water partition coefficient (Wildman–Crippen LogP) is 6.80. The largest absolute Gasteiger partial charge is 0.511 e. The third kappa shape index (κ3) is 3.02. The number of phenolic OH excluding ortho intramolecular Hbond substituents is 1. The van der Waals surface area contributed by atoms with E-state index in [1.54, 1.807) is 13.0 Å². The van der Waals surface area contributed by atoms with Crippen LogP contribution in [0.1, 0.15) is 75.0 Å². The molecule has 2 aromatic carbocycles. The number of aromatic hydroxyl groups is 1. The zero-order valence-electron chi connectivity index (χ0n) is 23.0. The van der Waals surface area contributed by atoms with Crippen LogP contribution in [0.3, 0.4) is 0 Å². The van der Waals surface area contributed by atoms with E-state index < -0.39 is 27.8 Å². The van der Waals surface area contributed by atoms with Gasteiger partial charge in [0, 0.05) is 11.0 Å². The maximum atomic E-state index is 14.2. The van der Waals surface area contributed by atoms with Crippen molar-refractivity contribution in [3.05, 3.63) is 87.2 Å². The van der Waals surface area contributed by atoms with Gasteiger partial charge in [-0.05, 0) is 68.2 Å². The second-order valence-electron chi connectivity index (χ2n) is 11.9. The number of rotatable bonds is 2. The van der Waals surface area contributed by atoms with Gasteiger partial charge < -0.3 is 10.2 Å². The van der Waals surface area contributed by atoms with Crippen LogP contribution in [-0.2, 0) is 9.59 Å². The van der Waals surface area contributed by atoms with E-state index in [9.17, 15) is 24.6 Å². The topological polar surface area (TPSA) is 91.7 Å². The van der Waals surface area contributed by atoms with Crippen molar-refractivity contribution in [1.29, 1.82) is 0 Å². The summed E-state index contributed by atoms with van der Waals surface area (Å²) in [6, 6.07) is 13.1. The van der Waals surface area contributed by atoms with Crippen molar-refractivity contribution < 1.29 is 24.6 Å². The van der Waals surface area contributed by atoms with Crippen LogP contribution in [0.15, 0.2) is 64.9 Å². The van der Waals surface area contributed by atoms with Crippen molar-refractivity contribution in [1.82, 2.24) is 0 Å². The summed E-state index contributed by atoms with van der Waals surface area (Å²) >= 11 is 0. The summed E-state index contributed by atoms with van der Waals surface area (Å²) in [4.78, 5) is 40.8. The molecule has 0 fully saturated rings. The molecule has 3 aliphatic carbocycles. The number of allylic oxidation sites excluding steroid dienone is 5. The predicted molar refractivity (Wildman–Crippen MR) is 148 cm³/mol. The molecule has 0 radical (unpaired) electrons. The maximum Gasteiger partial charge on any atom is 0.197 e. The van der Waals surface area contributed by atoms with Gasteiger partial charge in [0.15, 0.2) is 17.3 Å². The molecule has 0 heterocycles. The Kier molecular flexibility index (Phi) is 5.54. The summed E-state index contributed by atoms with van der Waals surface area (Å²) in [5.41, 5.74) is 1.26. The quantitative estimate of drug-likeness (QED) is 0.434. The van der Waals surface area contributed by atoms with Crippen molar-refractivity contribution in [2.24, 2.45) is 22.2 Å². The molecular weight excluding hydrogens is 476 g/mol. The smallest absolute Gasteiger partial charge is 0.197 e. The SMILES string of the molecule is CC(=O)C1=C(C)C[C@@]2(C)[C@H](C)[C@]3(C)C(=C(O)[C@@]2(C)C1=O)C(=O)c1c(O)cccc1/C3=C\c1ccc(C)cc1. The van der Waals surface area contributed by atoms with Crippen LogP contribution < -0.4 is 0 Å². The van der Waals surface area contributed by atoms with Crippen LogP contribution in [0.5, 0.6) is 5.75 Å². The van der Waals surface area contributed by atoms with E-state index in [-0.39, 0.29) is 39.9 Å². The average molecular weight is 511 g/mol. The lowest BCUT2D eigenvalue weighted by Gasteiger charge is -2.62. The van der Waals surface area contributed by atoms with Crippen LogP contribution >= 0.6 is 0 Å². The van der Waals surface area contributed by atoms with Gasteiger partial charge in [-0.2, -0.15) is 0 Å². The van der Waals surface area contributed by atoms with E-state index in [4.69, 9.17) is 0 Å². The van der Waals surface area contributed by atoms with Gasteiger partial charge in [-0.3, -0.25) is 14.4 Å². The fourth-order valence-electron chi connectivity index (χ4n) is 7.47. The van der Waals surface area contributed by atoms with Gasteiger partial charge in [0.05, 0.1) is 16.6 Å². The van der Waals surface area contributed by atoms with Gasteiger partial charge in [0.25, 0.3) is 0 Å². The lowest BCUT2D eigenvalue weighted by molar-refractivity contribution is -0.141. The summed E-state index contributed by atoms with van der Waals surface area (Å²) in [5, 5.41) is 22.9. The monoisotopic (exact) mass is 510 g/mol. The fraction of sp³-hybridized carbons (Fsp3) is 0.364. The molecular formula is C33H34O5. The molecule has 5 heteroatoms. The van der Waals surface area contributed by atoms with Crippen molar-refractivity contribution in [2.75, 3.05) is 0 Å². The number of benzene rings is 2. The highest BCUT2D eigenvalue weighted by Gasteiger charge is 2.69. The third-order valence-corrected chi connectivity index (χ3v) is 10.0. The Labute approximate surface area is 223 Å². The summed E-state index contributed by atoms with van der Waals surface area (Å²) in [6.45, 7) is 12.8. The standard InChI is InChI=1S/C33H34O5/c1-17-11-13-21(14-12-17)15-23-22-9-8-10-24(35)26(22)28(36)27-30(38)33(7)29(37)25(19(3)34)18(2)16-31(33,5)20(4)32(23,27)6/h8-15,20,35,38H,16H2,1-7H3/b23-15+/t20-,31-,32-,33+/m0/s1. The summed E-state index contributed by atoms with van der Waals surface area (Å²) < 4.78 is 0. The van der Waals surface area contributed by atoms with Gasteiger partial charge in [-0.15, -0.1) is 0 Å². The fourth-order valence-corrected chi connectivity index (χ4v) is 7.47. The Morgan fingerprint density at radius 1 is 1.00 bits per heavy atom. The molecule has 4 atom stereocenters. The number of fused-ring (bicyclic) bond motifs is 3. The first kappa shape index (κ1) is 25.9. The van der Waals surface area contributed by atoms with Crippen molar-refractivity contribution in [3.8, 4) is 5.75 Å². The minimum absolute atomic E-state index is 0.106. The number of Topliss-reactive ketones (excluding diaryl/α,β-unsaturated/α-hetero) is 3. The zero-order valence-corrected chi connectivity index (χ0v) is 23.0. The lowest BCUT2D eigenvalue weighted by Crippen LogP contribution is -2.61. The number of phenols is 1. The number of hydrogen-bond acceptors (Lipinski definition) is 5.